The molecule has 5 heteroatoms. The van der Waals surface area contributed by atoms with E-state index in [1.807, 2.05) is 13.2 Å². The third kappa shape index (κ3) is 3.72. The van der Waals surface area contributed by atoms with Crippen molar-refractivity contribution in [2.75, 3.05) is 12.0 Å². The normalized spacial score (nSPS) is 12.2. The van der Waals surface area contributed by atoms with Gasteiger partial charge in [0.1, 0.15) is 5.82 Å². The fourth-order valence-corrected chi connectivity index (χ4v) is 2.05. The number of nitrogens with one attached hydrogen (secondary N) is 1. The molecular weight excluding hydrogens is 245 g/mol. The Balaban J connectivity index is 2.69. The number of hydrogen-bond acceptors (Lipinski definition) is 3. The Labute approximate surface area is 104 Å². The molecule has 1 aromatic rings. The summed E-state index contributed by atoms with van der Waals surface area (Å²) >= 11 is 5.60. The highest BCUT2D eigenvalue weighted by molar-refractivity contribution is 7.98. The summed E-state index contributed by atoms with van der Waals surface area (Å²) in [6.45, 7) is 1.93. The predicted molar refractivity (Wildman–Crippen MR) is 69.0 cm³/mol. The van der Waals surface area contributed by atoms with Crippen molar-refractivity contribution >= 4 is 30.3 Å². The molecule has 88 valence electrons. The lowest BCUT2D eigenvalue weighted by Crippen LogP contribution is -2.34. The van der Waals surface area contributed by atoms with Gasteiger partial charge in [-0.1, -0.05) is 0 Å². The molecule has 0 bridgehead atoms. The van der Waals surface area contributed by atoms with Crippen LogP contribution in [0.25, 0.3) is 0 Å². The van der Waals surface area contributed by atoms with Crippen LogP contribution in [0.15, 0.2) is 23.1 Å². The van der Waals surface area contributed by atoms with Gasteiger partial charge in [-0.05, 0) is 31.4 Å². The highest BCUT2D eigenvalue weighted by atomic mass is 32.2. The molecule has 0 aromatic heterocycles. The van der Waals surface area contributed by atoms with E-state index in [0.29, 0.717) is 5.56 Å². The van der Waals surface area contributed by atoms with Crippen LogP contribution in [-0.2, 0) is 0 Å². The number of benzene rings is 1. The first-order chi connectivity index (χ1) is 7.54. The van der Waals surface area contributed by atoms with Crippen molar-refractivity contribution in [2.24, 2.45) is 0 Å². The standard InChI is InChI=1S/C11H14FNOS2/c1-7(6-16-2)13-11(14)8-3-4-9(12)10(15)5-8/h3-5,7,15H,6H2,1-2H3,(H,13,14). The summed E-state index contributed by atoms with van der Waals surface area (Å²) in [5.41, 5.74) is 0.430. The lowest BCUT2D eigenvalue weighted by molar-refractivity contribution is 0.0943. The number of halogens is 1. The molecule has 0 aliphatic carbocycles. The van der Waals surface area contributed by atoms with Gasteiger partial charge in [-0.2, -0.15) is 11.8 Å². The highest BCUT2D eigenvalue weighted by Gasteiger charge is 2.10. The molecule has 1 unspecified atom stereocenters. The lowest BCUT2D eigenvalue weighted by atomic mass is 10.2. The fourth-order valence-electron chi connectivity index (χ4n) is 1.25. The summed E-state index contributed by atoms with van der Waals surface area (Å²) in [5, 5.41) is 2.83. The van der Waals surface area contributed by atoms with Crippen molar-refractivity contribution in [1.82, 2.24) is 5.32 Å². The zero-order chi connectivity index (χ0) is 12.1. The van der Waals surface area contributed by atoms with Crippen molar-refractivity contribution in [3.63, 3.8) is 0 Å². The summed E-state index contributed by atoms with van der Waals surface area (Å²) in [4.78, 5) is 11.9. The minimum atomic E-state index is -0.419. The number of carbonyl (C=O) groups excluding carboxylic acids is 1. The highest BCUT2D eigenvalue weighted by Crippen LogP contribution is 2.14. The second kappa shape index (κ2) is 6.15. The molecule has 16 heavy (non-hydrogen) atoms. The first kappa shape index (κ1) is 13.4. The molecule has 0 aliphatic rings. The Morgan fingerprint density at radius 1 is 1.62 bits per heavy atom. The summed E-state index contributed by atoms with van der Waals surface area (Å²) in [7, 11) is 0. The van der Waals surface area contributed by atoms with Crippen LogP contribution in [0.5, 0.6) is 0 Å². The van der Waals surface area contributed by atoms with Crippen LogP contribution in [0.1, 0.15) is 17.3 Å². The minimum absolute atomic E-state index is 0.0934. The molecule has 0 saturated heterocycles. The maximum absolute atomic E-state index is 12.9. The van der Waals surface area contributed by atoms with E-state index in [2.05, 4.69) is 17.9 Å². The first-order valence-electron chi connectivity index (χ1n) is 4.83. The maximum Gasteiger partial charge on any atom is 0.251 e. The molecule has 1 aromatic carbocycles. The number of amides is 1. The average Bonchev–Trinajstić information content (AvgIpc) is 2.22. The van der Waals surface area contributed by atoms with Gasteiger partial charge in [0.05, 0.1) is 0 Å². The molecule has 1 amide bonds. The number of hydrogen-bond donors (Lipinski definition) is 2. The average molecular weight is 259 g/mol. The molecule has 0 heterocycles. The van der Waals surface area contributed by atoms with Crippen molar-refractivity contribution in [3.05, 3.63) is 29.6 Å². The SMILES string of the molecule is CSCC(C)NC(=O)c1ccc(F)c(S)c1. The van der Waals surface area contributed by atoms with Gasteiger partial charge in [-0.3, -0.25) is 4.79 Å². The van der Waals surface area contributed by atoms with Crippen molar-refractivity contribution in [2.45, 2.75) is 17.9 Å². The van der Waals surface area contributed by atoms with E-state index in [9.17, 15) is 9.18 Å². The molecule has 1 N–H and O–H groups in total. The first-order valence-corrected chi connectivity index (χ1v) is 6.67. The largest absolute Gasteiger partial charge is 0.349 e. The quantitative estimate of drug-likeness (QED) is 0.814. The number of carbonyl (C=O) groups is 1. The van der Waals surface area contributed by atoms with E-state index in [1.54, 1.807) is 11.8 Å². The summed E-state index contributed by atoms with van der Waals surface area (Å²) in [6, 6.07) is 4.22. The fraction of sp³-hybridized carbons (Fsp3) is 0.364. The van der Waals surface area contributed by atoms with Crippen LogP contribution in [-0.4, -0.2) is 24.0 Å². The number of thioether (sulfide) groups is 1. The Morgan fingerprint density at radius 3 is 2.88 bits per heavy atom. The van der Waals surface area contributed by atoms with Crippen LogP contribution in [0.2, 0.25) is 0 Å². The van der Waals surface area contributed by atoms with E-state index < -0.39 is 5.82 Å². The van der Waals surface area contributed by atoms with E-state index >= 15 is 0 Å². The molecule has 2 nitrogen and oxygen atoms in total. The van der Waals surface area contributed by atoms with Crippen LogP contribution >= 0.6 is 24.4 Å². The third-order valence-corrected chi connectivity index (χ3v) is 3.18. The van der Waals surface area contributed by atoms with Crippen LogP contribution in [0.3, 0.4) is 0 Å². The smallest absolute Gasteiger partial charge is 0.251 e. The molecule has 0 spiro atoms. The van der Waals surface area contributed by atoms with Gasteiger partial charge in [0.2, 0.25) is 0 Å². The zero-order valence-corrected chi connectivity index (χ0v) is 10.9. The van der Waals surface area contributed by atoms with E-state index in [4.69, 9.17) is 0 Å². The van der Waals surface area contributed by atoms with E-state index in [-0.39, 0.29) is 16.8 Å². The molecule has 1 atom stereocenters. The molecular formula is C11H14FNOS2. The van der Waals surface area contributed by atoms with Crippen LogP contribution in [0, 0.1) is 5.82 Å². The Kier molecular flexibility index (Phi) is 5.15. The number of thiol groups is 1. The van der Waals surface area contributed by atoms with Crippen molar-refractivity contribution in [3.8, 4) is 0 Å². The second-order valence-electron chi connectivity index (χ2n) is 3.50. The van der Waals surface area contributed by atoms with E-state index in [1.165, 1.54) is 18.2 Å². The van der Waals surface area contributed by atoms with Crippen molar-refractivity contribution in [1.29, 1.82) is 0 Å². The third-order valence-electron chi connectivity index (χ3n) is 2.00. The monoisotopic (exact) mass is 259 g/mol. The Hall–Kier alpha value is -0.680. The Morgan fingerprint density at radius 2 is 2.31 bits per heavy atom. The van der Waals surface area contributed by atoms with E-state index in [0.717, 1.165) is 5.75 Å². The van der Waals surface area contributed by atoms with Crippen LogP contribution < -0.4 is 5.32 Å². The molecule has 0 saturated carbocycles. The van der Waals surface area contributed by atoms with Gasteiger partial charge in [-0.25, -0.2) is 4.39 Å². The maximum atomic E-state index is 12.9. The van der Waals surface area contributed by atoms with Crippen LogP contribution in [0.4, 0.5) is 4.39 Å². The van der Waals surface area contributed by atoms with Gasteiger partial charge < -0.3 is 5.32 Å². The topological polar surface area (TPSA) is 29.1 Å². The summed E-state index contributed by atoms with van der Waals surface area (Å²) in [6.07, 6.45) is 1.98. The van der Waals surface area contributed by atoms with Crippen molar-refractivity contribution < 1.29 is 9.18 Å². The van der Waals surface area contributed by atoms with Gasteiger partial charge in [0.15, 0.2) is 0 Å². The molecule has 1 rings (SSSR count). The van der Waals surface area contributed by atoms with Gasteiger partial charge in [-0.15, -0.1) is 12.6 Å². The van der Waals surface area contributed by atoms with Gasteiger partial charge in [0.25, 0.3) is 5.91 Å². The Bertz CT molecular complexity index is 384. The number of rotatable bonds is 4. The molecule has 0 radical (unpaired) electrons. The second-order valence-corrected chi connectivity index (χ2v) is 4.89. The van der Waals surface area contributed by atoms with Gasteiger partial charge >= 0.3 is 0 Å². The minimum Gasteiger partial charge on any atom is -0.349 e. The molecule has 0 aliphatic heterocycles. The van der Waals surface area contributed by atoms with Gasteiger partial charge in [0, 0.05) is 22.3 Å². The predicted octanol–water partition coefficient (Wildman–Crippen LogP) is 2.60. The lowest BCUT2D eigenvalue weighted by Gasteiger charge is -2.12. The zero-order valence-electron chi connectivity index (χ0n) is 9.16. The summed E-state index contributed by atoms with van der Waals surface area (Å²) in [5.74, 6) is 0.231. The molecule has 0 fully saturated rings. The summed E-state index contributed by atoms with van der Waals surface area (Å²) < 4.78 is 12.9.